The van der Waals surface area contributed by atoms with Crippen LogP contribution in [0.3, 0.4) is 0 Å². The van der Waals surface area contributed by atoms with Crippen LogP contribution in [-0.2, 0) is 14.3 Å². The lowest BCUT2D eigenvalue weighted by Crippen LogP contribution is -2.49. The number of amides is 2. The lowest BCUT2D eigenvalue weighted by Gasteiger charge is -2.28. The number of hydrogen-bond donors (Lipinski definition) is 2. The molecule has 0 spiro atoms. The van der Waals surface area contributed by atoms with Gasteiger partial charge in [0, 0.05) is 19.6 Å². The fraction of sp³-hybridized carbons (Fsp3) is 0.474. The smallest absolute Gasteiger partial charge is 0.245 e. The van der Waals surface area contributed by atoms with E-state index in [-0.39, 0.29) is 30.9 Å². The van der Waals surface area contributed by atoms with Crippen molar-refractivity contribution in [3.05, 3.63) is 35.9 Å². The normalized spacial score (nSPS) is 14.1. The Morgan fingerprint density at radius 3 is 2.69 bits per heavy atom. The van der Waals surface area contributed by atoms with E-state index in [1.54, 1.807) is 7.11 Å². The molecule has 26 heavy (non-hydrogen) atoms. The van der Waals surface area contributed by atoms with Gasteiger partial charge in [0.05, 0.1) is 18.9 Å². The molecule has 0 bridgehead atoms. The molecule has 1 aliphatic heterocycles. The van der Waals surface area contributed by atoms with Crippen molar-refractivity contribution in [3.63, 3.8) is 0 Å². The standard InChI is InChI=1S/C19H27N3O4/c1-14(2)26-12-4-11-20-18(23)13-22-19(24)10-9-17(21-22)15-5-7-16(25-3)8-6-15/h5-9,14,21H,4,10-13H2,1-3H3,(H,20,23). The van der Waals surface area contributed by atoms with Gasteiger partial charge >= 0.3 is 0 Å². The summed E-state index contributed by atoms with van der Waals surface area (Å²) in [5.41, 5.74) is 4.75. The first-order valence-electron chi connectivity index (χ1n) is 8.79. The van der Waals surface area contributed by atoms with Gasteiger partial charge in [-0.15, -0.1) is 0 Å². The molecular formula is C19H27N3O4. The van der Waals surface area contributed by atoms with E-state index in [0.717, 1.165) is 23.4 Å². The molecule has 1 aromatic carbocycles. The number of methoxy groups -OCH3 is 1. The molecule has 1 aromatic rings. The van der Waals surface area contributed by atoms with Crippen molar-refractivity contribution in [2.75, 3.05) is 26.8 Å². The molecule has 1 heterocycles. The summed E-state index contributed by atoms with van der Waals surface area (Å²) in [6, 6.07) is 7.51. The summed E-state index contributed by atoms with van der Waals surface area (Å²) in [4.78, 5) is 24.1. The highest BCUT2D eigenvalue weighted by Gasteiger charge is 2.22. The van der Waals surface area contributed by atoms with Gasteiger partial charge in [0.2, 0.25) is 11.8 Å². The Balaban J connectivity index is 1.82. The maximum absolute atomic E-state index is 12.1. The van der Waals surface area contributed by atoms with Crippen molar-refractivity contribution in [2.24, 2.45) is 0 Å². The lowest BCUT2D eigenvalue weighted by atomic mass is 10.1. The number of hydrazine groups is 1. The van der Waals surface area contributed by atoms with Gasteiger partial charge in [0.1, 0.15) is 12.3 Å². The summed E-state index contributed by atoms with van der Waals surface area (Å²) >= 11 is 0. The summed E-state index contributed by atoms with van der Waals surface area (Å²) < 4.78 is 10.6. The molecule has 2 N–H and O–H groups in total. The van der Waals surface area contributed by atoms with E-state index in [4.69, 9.17) is 9.47 Å². The molecule has 0 aromatic heterocycles. The summed E-state index contributed by atoms with van der Waals surface area (Å²) in [7, 11) is 1.61. The fourth-order valence-corrected chi connectivity index (χ4v) is 2.45. The highest BCUT2D eigenvalue weighted by molar-refractivity contribution is 5.88. The first-order chi connectivity index (χ1) is 12.5. The zero-order valence-electron chi connectivity index (χ0n) is 15.6. The van der Waals surface area contributed by atoms with Crippen LogP contribution in [0.15, 0.2) is 30.3 Å². The second-order valence-electron chi connectivity index (χ2n) is 6.27. The molecule has 7 nitrogen and oxygen atoms in total. The molecule has 0 unspecified atom stereocenters. The molecule has 0 radical (unpaired) electrons. The Bertz CT molecular complexity index is 641. The van der Waals surface area contributed by atoms with Crippen molar-refractivity contribution in [1.29, 1.82) is 0 Å². The predicted molar refractivity (Wildman–Crippen MR) is 99.2 cm³/mol. The highest BCUT2D eigenvalue weighted by Crippen LogP contribution is 2.20. The van der Waals surface area contributed by atoms with Gasteiger partial charge in [0.15, 0.2) is 0 Å². The average Bonchev–Trinajstić information content (AvgIpc) is 2.63. The van der Waals surface area contributed by atoms with E-state index in [2.05, 4.69) is 10.7 Å². The topological polar surface area (TPSA) is 79.9 Å². The van der Waals surface area contributed by atoms with Gasteiger partial charge in [-0.1, -0.05) is 0 Å². The second-order valence-corrected chi connectivity index (χ2v) is 6.27. The van der Waals surface area contributed by atoms with Crippen LogP contribution >= 0.6 is 0 Å². The Kier molecular flexibility index (Phi) is 7.47. The third-order valence-electron chi connectivity index (χ3n) is 3.83. The third-order valence-corrected chi connectivity index (χ3v) is 3.83. The van der Waals surface area contributed by atoms with Crippen molar-refractivity contribution < 1.29 is 19.1 Å². The van der Waals surface area contributed by atoms with Gasteiger partial charge in [-0.3, -0.25) is 15.0 Å². The summed E-state index contributed by atoms with van der Waals surface area (Å²) in [6.45, 7) is 5.04. The van der Waals surface area contributed by atoms with E-state index in [9.17, 15) is 9.59 Å². The van der Waals surface area contributed by atoms with Crippen LogP contribution in [-0.4, -0.2) is 49.7 Å². The van der Waals surface area contributed by atoms with E-state index in [1.165, 1.54) is 5.01 Å². The van der Waals surface area contributed by atoms with E-state index in [1.807, 2.05) is 44.2 Å². The van der Waals surface area contributed by atoms with Gasteiger partial charge in [-0.2, -0.15) is 0 Å². The first-order valence-corrected chi connectivity index (χ1v) is 8.79. The second kappa shape index (κ2) is 9.82. The number of carbonyl (C=O) groups is 2. The molecule has 2 amide bonds. The zero-order chi connectivity index (χ0) is 18.9. The molecule has 0 fully saturated rings. The maximum atomic E-state index is 12.1. The molecule has 142 valence electrons. The van der Waals surface area contributed by atoms with Crippen molar-refractivity contribution >= 4 is 17.5 Å². The predicted octanol–water partition coefficient (Wildman–Crippen LogP) is 1.70. The SMILES string of the molecule is COc1ccc(C2=CCC(=O)N(CC(=O)NCCCOC(C)C)N2)cc1. The molecule has 0 saturated carbocycles. The van der Waals surface area contributed by atoms with Crippen molar-refractivity contribution in [2.45, 2.75) is 32.8 Å². The fourth-order valence-electron chi connectivity index (χ4n) is 2.45. The van der Waals surface area contributed by atoms with Crippen molar-refractivity contribution in [1.82, 2.24) is 15.8 Å². The number of benzene rings is 1. The minimum absolute atomic E-state index is 0.0304. The summed E-state index contributed by atoms with van der Waals surface area (Å²) in [6.07, 6.45) is 3.00. The molecule has 1 aliphatic rings. The van der Waals surface area contributed by atoms with Gasteiger partial charge in [-0.05, 0) is 56.2 Å². The van der Waals surface area contributed by atoms with Crippen molar-refractivity contribution in [3.8, 4) is 5.75 Å². The quantitative estimate of drug-likeness (QED) is 0.655. The number of rotatable bonds is 9. The lowest BCUT2D eigenvalue weighted by molar-refractivity contribution is -0.137. The Morgan fingerprint density at radius 1 is 1.31 bits per heavy atom. The molecule has 0 aliphatic carbocycles. The van der Waals surface area contributed by atoms with E-state index >= 15 is 0 Å². The molecule has 2 rings (SSSR count). The Morgan fingerprint density at radius 2 is 2.04 bits per heavy atom. The third kappa shape index (κ3) is 6.07. The number of carbonyl (C=O) groups excluding carboxylic acids is 2. The minimum atomic E-state index is -0.202. The Hall–Kier alpha value is -2.54. The zero-order valence-corrected chi connectivity index (χ0v) is 15.6. The van der Waals surface area contributed by atoms with Crippen LogP contribution in [0, 0.1) is 0 Å². The molecular weight excluding hydrogens is 334 g/mol. The highest BCUT2D eigenvalue weighted by atomic mass is 16.5. The van der Waals surface area contributed by atoms with Crippen LogP contribution in [0.5, 0.6) is 5.75 Å². The average molecular weight is 361 g/mol. The first kappa shape index (κ1) is 19.8. The maximum Gasteiger partial charge on any atom is 0.245 e. The van der Waals surface area contributed by atoms with Crippen LogP contribution in [0.4, 0.5) is 0 Å². The molecule has 0 atom stereocenters. The monoisotopic (exact) mass is 361 g/mol. The minimum Gasteiger partial charge on any atom is -0.497 e. The van der Waals surface area contributed by atoms with Gasteiger partial charge in [0.25, 0.3) is 0 Å². The van der Waals surface area contributed by atoms with Gasteiger partial charge in [-0.25, -0.2) is 5.01 Å². The largest absolute Gasteiger partial charge is 0.497 e. The van der Waals surface area contributed by atoms with E-state index in [0.29, 0.717) is 13.2 Å². The Labute approximate surface area is 154 Å². The van der Waals surface area contributed by atoms with Crippen LogP contribution in [0.2, 0.25) is 0 Å². The van der Waals surface area contributed by atoms with Crippen LogP contribution in [0.25, 0.3) is 5.70 Å². The number of nitrogens with one attached hydrogen (secondary N) is 2. The number of ether oxygens (including phenoxy) is 2. The number of nitrogens with zero attached hydrogens (tertiary/aromatic N) is 1. The van der Waals surface area contributed by atoms with Crippen LogP contribution < -0.4 is 15.5 Å². The molecule has 0 saturated heterocycles. The number of hydrogen-bond acceptors (Lipinski definition) is 5. The van der Waals surface area contributed by atoms with Crippen LogP contribution in [0.1, 0.15) is 32.3 Å². The molecule has 7 heteroatoms. The van der Waals surface area contributed by atoms with E-state index < -0.39 is 0 Å². The summed E-state index contributed by atoms with van der Waals surface area (Å²) in [5, 5.41) is 4.15. The summed E-state index contributed by atoms with van der Waals surface area (Å²) in [5.74, 6) is 0.422. The van der Waals surface area contributed by atoms with Gasteiger partial charge < -0.3 is 14.8 Å².